The van der Waals surface area contributed by atoms with Crippen LogP contribution < -0.4 is 0 Å². The average Bonchev–Trinajstić information content (AvgIpc) is 1.98. The van der Waals surface area contributed by atoms with Crippen molar-refractivity contribution in [3.05, 3.63) is 0 Å². The SMILES string of the molecule is C[Si](C)(O[Si](C)(C)C(Cl)Cl)O[Si](C)(C)C(Cl)Cl. The van der Waals surface area contributed by atoms with Crippen LogP contribution in [0.4, 0.5) is 0 Å². The molecule has 2 nitrogen and oxygen atoms in total. The highest BCUT2D eigenvalue weighted by Gasteiger charge is 2.44. The van der Waals surface area contributed by atoms with Crippen LogP contribution >= 0.6 is 46.4 Å². The van der Waals surface area contributed by atoms with Gasteiger partial charge in [0.15, 0.2) is 0 Å². The van der Waals surface area contributed by atoms with Crippen molar-refractivity contribution in [1.29, 1.82) is 0 Å². The zero-order valence-electron chi connectivity index (χ0n) is 11.0. The predicted octanol–water partition coefficient (Wildman–Crippen LogP) is 4.82. The maximum Gasteiger partial charge on any atom is 0.311 e. The van der Waals surface area contributed by atoms with E-state index in [1.54, 1.807) is 0 Å². The van der Waals surface area contributed by atoms with Crippen molar-refractivity contribution in [2.24, 2.45) is 0 Å². The Hall–Kier alpha value is 1.73. The molecule has 0 radical (unpaired) electrons. The fraction of sp³-hybridized carbons (Fsp3) is 1.00. The van der Waals surface area contributed by atoms with Gasteiger partial charge in [-0.15, -0.1) is 46.4 Å². The Morgan fingerprint density at radius 3 is 1.06 bits per heavy atom. The van der Waals surface area contributed by atoms with Crippen LogP contribution in [0.15, 0.2) is 0 Å². The first kappa shape index (κ1) is 18.7. The minimum atomic E-state index is -2.31. The maximum atomic E-state index is 6.08. The summed E-state index contributed by atoms with van der Waals surface area (Å²) in [7, 11) is -6.61. The van der Waals surface area contributed by atoms with Crippen LogP contribution in [0.2, 0.25) is 39.3 Å². The van der Waals surface area contributed by atoms with Crippen LogP contribution in [0, 0.1) is 0 Å². The zero-order valence-corrected chi connectivity index (χ0v) is 17.0. The lowest BCUT2D eigenvalue weighted by molar-refractivity contribution is 0.392. The molecule has 0 aromatic carbocycles. The van der Waals surface area contributed by atoms with Crippen LogP contribution in [0.25, 0.3) is 0 Å². The fourth-order valence-corrected chi connectivity index (χ4v) is 14.4. The number of halogens is 4. The first-order valence-electron chi connectivity index (χ1n) is 5.27. The first-order valence-corrected chi connectivity index (χ1v) is 15.8. The molecule has 0 atom stereocenters. The van der Waals surface area contributed by atoms with Crippen LogP contribution in [0.3, 0.4) is 0 Å². The van der Waals surface area contributed by atoms with E-state index >= 15 is 0 Å². The molecule has 0 aromatic heterocycles. The summed E-state index contributed by atoms with van der Waals surface area (Å²) in [6.07, 6.45) is 0. The van der Waals surface area contributed by atoms with E-state index in [2.05, 4.69) is 0 Å². The Morgan fingerprint density at radius 1 is 0.647 bits per heavy atom. The van der Waals surface area contributed by atoms with E-state index in [1.807, 2.05) is 39.3 Å². The molecule has 0 amide bonds. The van der Waals surface area contributed by atoms with Gasteiger partial charge in [0, 0.05) is 0 Å². The summed E-state index contributed by atoms with van der Waals surface area (Å²) in [4.78, 5) is 0. The summed E-state index contributed by atoms with van der Waals surface area (Å²) in [6, 6.07) is 0. The standard InChI is InChI=1S/C8H20Cl4O2Si3/c1-15(2,7(9)10)13-17(5,6)14-16(3,4)8(11)12/h7-8H,1-6H3. The van der Waals surface area contributed by atoms with E-state index in [4.69, 9.17) is 54.6 Å². The number of hydrogen-bond donors (Lipinski definition) is 0. The summed E-state index contributed by atoms with van der Waals surface area (Å²) in [5.41, 5.74) is 0. The van der Waals surface area contributed by atoms with Crippen molar-refractivity contribution >= 4 is 71.6 Å². The second kappa shape index (κ2) is 6.45. The highest BCUT2D eigenvalue weighted by Crippen LogP contribution is 2.29. The lowest BCUT2D eigenvalue weighted by Crippen LogP contribution is -2.56. The number of hydrogen-bond acceptors (Lipinski definition) is 2. The molecule has 0 fully saturated rings. The minimum absolute atomic E-state index is 0.481. The van der Waals surface area contributed by atoms with E-state index in [0.717, 1.165) is 0 Å². The Morgan fingerprint density at radius 2 is 0.882 bits per heavy atom. The quantitative estimate of drug-likeness (QED) is 0.490. The molecule has 0 heterocycles. The van der Waals surface area contributed by atoms with Gasteiger partial charge in [-0.05, 0) is 39.3 Å². The third-order valence-electron chi connectivity index (χ3n) is 2.07. The van der Waals surface area contributed by atoms with Crippen LogP contribution in [0.1, 0.15) is 0 Å². The van der Waals surface area contributed by atoms with Gasteiger partial charge < -0.3 is 8.23 Å². The van der Waals surface area contributed by atoms with Crippen LogP contribution in [-0.2, 0) is 8.23 Å². The molecule has 0 aromatic rings. The van der Waals surface area contributed by atoms with Gasteiger partial charge >= 0.3 is 8.56 Å². The molecule has 104 valence electrons. The van der Waals surface area contributed by atoms with Crippen molar-refractivity contribution in [2.75, 3.05) is 0 Å². The van der Waals surface area contributed by atoms with Gasteiger partial charge in [-0.2, -0.15) is 0 Å². The molecule has 0 aliphatic heterocycles. The van der Waals surface area contributed by atoms with E-state index in [9.17, 15) is 0 Å². The molecule has 17 heavy (non-hydrogen) atoms. The fourth-order valence-electron chi connectivity index (χ4n) is 1.38. The molecule has 0 bridgehead atoms. The molecule has 0 saturated carbocycles. The van der Waals surface area contributed by atoms with Gasteiger partial charge in [0.1, 0.15) is 8.92 Å². The van der Waals surface area contributed by atoms with E-state index < -0.39 is 34.1 Å². The normalized spacial score (nSPS) is 14.8. The number of rotatable bonds is 6. The third-order valence-corrected chi connectivity index (χ3v) is 18.6. The molecule has 0 spiro atoms. The highest BCUT2D eigenvalue weighted by atomic mass is 35.5. The first-order chi connectivity index (χ1) is 7.30. The van der Waals surface area contributed by atoms with Gasteiger partial charge in [-0.25, -0.2) is 0 Å². The molecule has 0 rings (SSSR count). The van der Waals surface area contributed by atoms with Crippen LogP contribution in [-0.4, -0.2) is 34.1 Å². The largest absolute Gasteiger partial charge is 0.434 e. The Bertz CT molecular complexity index is 235. The van der Waals surface area contributed by atoms with Gasteiger partial charge in [0.2, 0.25) is 16.6 Å². The predicted molar refractivity (Wildman–Crippen MR) is 85.6 cm³/mol. The third kappa shape index (κ3) is 6.63. The summed E-state index contributed by atoms with van der Waals surface area (Å²) in [5.74, 6) is 0. The zero-order chi connectivity index (χ0) is 14.1. The summed E-state index contributed by atoms with van der Waals surface area (Å²) < 4.78 is 11.2. The van der Waals surface area contributed by atoms with Gasteiger partial charge in [-0.1, -0.05) is 0 Å². The lowest BCUT2D eigenvalue weighted by Gasteiger charge is -2.39. The number of alkyl halides is 4. The van der Waals surface area contributed by atoms with Crippen molar-refractivity contribution in [3.8, 4) is 0 Å². The highest BCUT2D eigenvalue weighted by molar-refractivity contribution is 6.97. The van der Waals surface area contributed by atoms with E-state index in [1.165, 1.54) is 0 Å². The van der Waals surface area contributed by atoms with Crippen molar-refractivity contribution in [3.63, 3.8) is 0 Å². The second-order valence-electron chi connectivity index (χ2n) is 5.41. The Kier molecular flexibility index (Phi) is 7.11. The summed E-state index contributed by atoms with van der Waals surface area (Å²) in [6.45, 7) is 11.9. The summed E-state index contributed by atoms with van der Waals surface area (Å²) in [5, 5.41) is 0. The molecule has 9 heteroatoms. The van der Waals surface area contributed by atoms with Crippen LogP contribution in [0.5, 0.6) is 0 Å². The van der Waals surface area contributed by atoms with Gasteiger partial charge in [-0.3, -0.25) is 0 Å². The lowest BCUT2D eigenvalue weighted by atomic mass is 11.8. The smallest absolute Gasteiger partial charge is 0.311 e. The molecular weight excluding hydrogens is 354 g/mol. The van der Waals surface area contributed by atoms with E-state index in [0.29, 0.717) is 0 Å². The minimum Gasteiger partial charge on any atom is -0.434 e. The molecule has 0 unspecified atom stereocenters. The second-order valence-corrected chi connectivity index (χ2v) is 21.1. The van der Waals surface area contributed by atoms with Crippen molar-refractivity contribution in [2.45, 2.75) is 48.2 Å². The molecule has 0 aliphatic rings. The van der Waals surface area contributed by atoms with Crippen molar-refractivity contribution in [1.82, 2.24) is 0 Å². The maximum absolute atomic E-state index is 6.08. The molecule has 0 saturated heterocycles. The van der Waals surface area contributed by atoms with E-state index in [-0.39, 0.29) is 0 Å². The Balaban J connectivity index is 4.71. The average molecular weight is 374 g/mol. The van der Waals surface area contributed by atoms with Gasteiger partial charge in [0.25, 0.3) is 0 Å². The molecule has 0 aliphatic carbocycles. The molecular formula is C8H20Cl4O2Si3. The van der Waals surface area contributed by atoms with Crippen molar-refractivity contribution < 1.29 is 8.23 Å². The topological polar surface area (TPSA) is 18.5 Å². The monoisotopic (exact) mass is 372 g/mol. The van der Waals surface area contributed by atoms with Gasteiger partial charge in [0.05, 0.1) is 0 Å². The summed E-state index contributed by atoms with van der Waals surface area (Å²) >= 11 is 23.7. The molecule has 0 N–H and O–H groups in total. The Labute approximate surface area is 127 Å².